The zero-order chi connectivity index (χ0) is 14.2. The highest BCUT2D eigenvalue weighted by Crippen LogP contribution is 2.39. The van der Waals surface area contributed by atoms with Crippen LogP contribution in [0, 0.1) is 0 Å². The predicted molar refractivity (Wildman–Crippen MR) is 79.8 cm³/mol. The average Bonchev–Trinajstić information content (AvgIpc) is 3.14. The van der Waals surface area contributed by atoms with Crippen LogP contribution in [0.1, 0.15) is 67.6 Å². The van der Waals surface area contributed by atoms with Crippen molar-refractivity contribution >= 4 is 11.3 Å². The van der Waals surface area contributed by atoms with Gasteiger partial charge in [-0.1, -0.05) is 19.0 Å². The van der Waals surface area contributed by atoms with Gasteiger partial charge >= 0.3 is 0 Å². The van der Waals surface area contributed by atoms with Crippen molar-refractivity contribution < 1.29 is 4.52 Å². The molecule has 1 unspecified atom stereocenters. The van der Waals surface area contributed by atoms with Crippen LogP contribution in [0.25, 0.3) is 0 Å². The van der Waals surface area contributed by atoms with Crippen LogP contribution in [0.15, 0.2) is 16.0 Å². The van der Waals surface area contributed by atoms with Crippen LogP contribution in [0.4, 0.5) is 0 Å². The Morgan fingerprint density at radius 1 is 1.45 bits per heavy atom. The molecule has 0 aliphatic heterocycles. The summed E-state index contributed by atoms with van der Waals surface area (Å²) in [5.74, 6) is 1.64. The van der Waals surface area contributed by atoms with Gasteiger partial charge in [-0.15, -0.1) is 11.3 Å². The van der Waals surface area contributed by atoms with Crippen LogP contribution in [-0.2, 0) is 12.0 Å². The van der Waals surface area contributed by atoms with Crippen LogP contribution in [0.2, 0.25) is 0 Å². The summed E-state index contributed by atoms with van der Waals surface area (Å²) >= 11 is 1.83. The fourth-order valence-corrected chi connectivity index (χ4v) is 3.88. The van der Waals surface area contributed by atoms with E-state index in [-0.39, 0.29) is 5.92 Å². The Morgan fingerprint density at radius 3 is 3.00 bits per heavy atom. The molecule has 0 radical (unpaired) electrons. The lowest BCUT2D eigenvalue weighted by atomic mass is 9.87. The molecule has 108 valence electrons. The smallest absolute Gasteiger partial charge is 0.234 e. The standard InChI is InChI=1S/C15H21N3OS/c1-3-15(16,4-2)14-17-13(19-18-14)11-6-5-7-12-10(11)8-9-20-12/h8-9,11H,3-7,16H2,1-2H3. The van der Waals surface area contributed by atoms with Crippen molar-refractivity contribution in [1.29, 1.82) is 0 Å². The molecule has 0 bridgehead atoms. The molecule has 20 heavy (non-hydrogen) atoms. The second kappa shape index (κ2) is 5.30. The monoisotopic (exact) mass is 291 g/mol. The van der Waals surface area contributed by atoms with Gasteiger partial charge in [-0.2, -0.15) is 4.98 Å². The van der Waals surface area contributed by atoms with Crippen molar-refractivity contribution in [2.45, 2.75) is 57.4 Å². The maximum absolute atomic E-state index is 6.35. The van der Waals surface area contributed by atoms with Gasteiger partial charge in [0.15, 0.2) is 5.82 Å². The summed E-state index contributed by atoms with van der Waals surface area (Å²) < 4.78 is 5.54. The normalized spacial score (nSPS) is 19.1. The number of aryl methyl sites for hydroxylation is 1. The van der Waals surface area contributed by atoms with E-state index in [1.54, 1.807) is 0 Å². The van der Waals surface area contributed by atoms with Gasteiger partial charge in [0.05, 0.1) is 11.5 Å². The Kier molecular flexibility index (Phi) is 3.65. The average molecular weight is 291 g/mol. The molecule has 0 saturated carbocycles. The first kappa shape index (κ1) is 13.8. The summed E-state index contributed by atoms with van der Waals surface area (Å²) in [4.78, 5) is 6.09. The van der Waals surface area contributed by atoms with Crippen molar-refractivity contribution in [1.82, 2.24) is 10.1 Å². The maximum atomic E-state index is 6.35. The molecule has 4 nitrogen and oxygen atoms in total. The SMILES string of the molecule is CCC(N)(CC)c1noc(C2CCCc3sccc32)n1. The third kappa shape index (κ3) is 2.19. The van der Waals surface area contributed by atoms with E-state index < -0.39 is 5.54 Å². The molecule has 1 atom stereocenters. The number of fused-ring (bicyclic) bond motifs is 1. The van der Waals surface area contributed by atoms with Gasteiger partial charge in [-0.05, 0) is 49.1 Å². The molecule has 0 spiro atoms. The Hall–Kier alpha value is -1.20. The first-order chi connectivity index (χ1) is 9.68. The van der Waals surface area contributed by atoms with E-state index in [1.165, 1.54) is 23.3 Å². The Bertz CT molecular complexity index is 585. The Balaban J connectivity index is 1.93. The third-order valence-electron chi connectivity index (χ3n) is 4.50. The zero-order valence-electron chi connectivity index (χ0n) is 12.1. The lowest BCUT2D eigenvalue weighted by Crippen LogP contribution is -2.36. The highest BCUT2D eigenvalue weighted by Gasteiger charge is 2.32. The minimum absolute atomic E-state index is 0.254. The van der Waals surface area contributed by atoms with Gasteiger partial charge in [0, 0.05) is 4.88 Å². The molecular weight excluding hydrogens is 270 g/mol. The highest BCUT2D eigenvalue weighted by atomic mass is 32.1. The second-order valence-corrected chi connectivity index (χ2v) is 6.56. The molecule has 2 aromatic rings. The van der Waals surface area contributed by atoms with E-state index in [2.05, 4.69) is 35.4 Å². The predicted octanol–water partition coefficient (Wildman–Crippen LogP) is 3.57. The molecule has 1 aliphatic rings. The van der Waals surface area contributed by atoms with Crippen LogP contribution in [0.5, 0.6) is 0 Å². The quantitative estimate of drug-likeness (QED) is 0.935. The first-order valence-electron chi connectivity index (χ1n) is 7.37. The molecule has 0 amide bonds. The topological polar surface area (TPSA) is 64.9 Å². The molecule has 0 fully saturated rings. The van der Waals surface area contributed by atoms with Crippen LogP contribution >= 0.6 is 11.3 Å². The molecule has 1 aliphatic carbocycles. The van der Waals surface area contributed by atoms with Crippen LogP contribution < -0.4 is 5.73 Å². The van der Waals surface area contributed by atoms with Gasteiger partial charge in [-0.25, -0.2) is 0 Å². The van der Waals surface area contributed by atoms with Gasteiger partial charge < -0.3 is 10.3 Å². The fraction of sp³-hybridized carbons (Fsp3) is 0.600. The van der Waals surface area contributed by atoms with Gasteiger partial charge in [-0.3, -0.25) is 0 Å². The fourth-order valence-electron chi connectivity index (χ4n) is 2.89. The Labute approximate surface area is 123 Å². The summed E-state index contributed by atoms with van der Waals surface area (Å²) in [5.41, 5.74) is 7.26. The highest BCUT2D eigenvalue weighted by molar-refractivity contribution is 7.10. The Morgan fingerprint density at radius 2 is 2.25 bits per heavy atom. The minimum atomic E-state index is -0.464. The largest absolute Gasteiger partial charge is 0.339 e. The molecule has 0 saturated heterocycles. The summed E-state index contributed by atoms with van der Waals surface area (Å²) in [6, 6.07) is 2.20. The van der Waals surface area contributed by atoms with E-state index in [9.17, 15) is 0 Å². The molecule has 2 aromatic heterocycles. The molecule has 5 heteroatoms. The molecule has 0 aromatic carbocycles. The van der Waals surface area contributed by atoms with Gasteiger partial charge in [0.25, 0.3) is 0 Å². The number of thiophene rings is 1. The number of hydrogen-bond donors (Lipinski definition) is 1. The molecular formula is C15H21N3OS. The summed E-state index contributed by atoms with van der Waals surface area (Å²) in [7, 11) is 0. The van der Waals surface area contributed by atoms with E-state index in [1.807, 2.05) is 11.3 Å². The summed E-state index contributed by atoms with van der Waals surface area (Å²) in [5, 5.41) is 6.31. The maximum Gasteiger partial charge on any atom is 0.234 e. The van der Waals surface area contributed by atoms with Crippen LogP contribution in [-0.4, -0.2) is 10.1 Å². The number of aromatic nitrogens is 2. The molecule has 3 rings (SSSR count). The third-order valence-corrected chi connectivity index (χ3v) is 5.50. The van der Waals surface area contributed by atoms with Crippen molar-refractivity contribution in [3.8, 4) is 0 Å². The second-order valence-electron chi connectivity index (χ2n) is 5.56. The molecule has 2 heterocycles. The van der Waals surface area contributed by atoms with Gasteiger partial charge in [0.2, 0.25) is 5.89 Å². The summed E-state index contributed by atoms with van der Waals surface area (Å²) in [6.45, 7) is 4.13. The number of hydrogen-bond acceptors (Lipinski definition) is 5. The lowest BCUT2D eigenvalue weighted by molar-refractivity contribution is 0.326. The molecule has 2 N–H and O–H groups in total. The lowest BCUT2D eigenvalue weighted by Gasteiger charge is -2.22. The number of nitrogens with two attached hydrogens (primary N) is 1. The van der Waals surface area contributed by atoms with Crippen molar-refractivity contribution in [2.75, 3.05) is 0 Å². The van der Waals surface area contributed by atoms with E-state index >= 15 is 0 Å². The van der Waals surface area contributed by atoms with Crippen molar-refractivity contribution in [3.63, 3.8) is 0 Å². The summed E-state index contributed by atoms with van der Waals surface area (Å²) in [6.07, 6.45) is 5.08. The van der Waals surface area contributed by atoms with E-state index in [4.69, 9.17) is 10.3 Å². The van der Waals surface area contributed by atoms with Crippen molar-refractivity contribution in [3.05, 3.63) is 33.6 Å². The van der Waals surface area contributed by atoms with Gasteiger partial charge in [0.1, 0.15) is 0 Å². The van der Waals surface area contributed by atoms with Crippen LogP contribution in [0.3, 0.4) is 0 Å². The zero-order valence-corrected chi connectivity index (χ0v) is 12.9. The van der Waals surface area contributed by atoms with E-state index in [0.29, 0.717) is 5.82 Å². The number of nitrogens with zero attached hydrogens (tertiary/aromatic N) is 2. The minimum Gasteiger partial charge on any atom is -0.339 e. The van der Waals surface area contributed by atoms with E-state index in [0.717, 1.165) is 25.2 Å². The van der Waals surface area contributed by atoms with Crippen molar-refractivity contribution in [2.24, 2.45) is 5.73 Å². The first-order valence-corrected chi connectivity index (χ1v) is 8.25. The number of rotatable bonds is 4.